The fraction of sp³-hybridized carbons (Fsp3) is 0.200. The Balaban J connectivity index is 2.22. The van der Waals surface area contributed by atoms with Crippen LogP contribution in [0.15, 0.2) is 84.9 Å². The van der Waals surface area contributed by atoms with Gasteiger partial charge in [-0.1, -0.05) is 82.7 Å². The number of nitrogens with zero attached hydrogens (tertiary/aromatic N) is 3. The predicted octanol–water partition coefficient (Wildman–Crippen LogP) is 7.40. The number of halogens is 1. The monoisotopic (exact) mass is 590 g/mol. The zero-order valence-corrected chi connectivity index (χ0v) is 23.7. The molecule has 0 spiro atoms. The summed E-state index contributed by atoms with van der Waals surface area (Å²) < 4.78 is 3.93. The summed E-state index contributed by atoms with van der Waals surface area (Å²) in [5.74, 6) is -0.619. The van der Waals surface area contributed by atoms with Gasteiger partial charge in [0.05, 0.1) is 23.9 Å². The molecule has 1 atom stereocenters. The predicted molar refractivity (Wildman–Crippen MR) is 154 cm³/mol. The molecule has 0 saturated heterocycles. The first-order valence-corrected chi connectivity index (χ1v) is 13.4. The highest BCUT2D eigenvalue weighted by atomic mass is 79.9. The molecule has 39 heavy (non-hydrogen) atoms. The fourth-order valence-corrected chi connectivity index (χ4v) is 5.54. The van der Waals surface area contributed by atoms with Gasteiger partial charge in [0.2, 0.25) is 0 Å². The third kappa shape index (κ3) is 4.68. The van der Waals surface area contributed by atoms with E-state index in [9.17, 15) is 14.7 Å². The summed E-state index contributed by atoms with van der Waals surface area (Å²) in [5, 5.41) is 11.7. The van der Waals surface area contributed by atoms with Gasteiger partial charge in [-0.25, -0.2) is 19.4 Å². The molecule has 0 aliphatic carbocycles. The van der Waals surface area contributed by atoms with Crippen molar-refractivity contribution in [2.45, 2.75) is 31.6 Å². The summed E-state index contributed by atoms with van der Waals surface area (Å²) in [7, 11) is 1.09. The van der Waals surface area contributed by atoms with Gasteiger partial charge in [-0.3, -0.25) is 0 Å². The van der Waals surface area contributed by atoms with Crippen LogP contribution in [-0.4, -0.2) is 45.8 Å². The van der Waals surface area contributed by atoms with Gasteiger partial charge < -0.3 is 9.84 Å². The van der Waals surface area contributed by atoms with Crippen molar-refractivity contribution in [2.24, 2.45) is 0 Å². The minimum absolute atomic E-state index is 0.250. The van der Waals surface area contributed by atoms with E-state index in [4.69, 9.17) is 9.72 Å². The number of carboxylic acid groups (broad SMARTS) is 1. The Morgan fingerprint density at radius 3 is 2.03 bits per heavy atom. The molecule has 8 nitrogen and oxygen atoms in total. The molecule has 1 unspecified atom stereocenters. The highest BCUT2D eigenvalue weighted by Gasteiger charge is 2.61. The van der Waals surface area contributed by atoms with Gasteiger partial charge in [-0.15, -0.1) is 4.59 Å². The van der Waals surface area contributed by atoms with Gasteiger partial charge in [-0.2, -0.15) is 0 Å². The average Bonchev–Trinajstić information content (AvgIpc) is 2.94. The lowest BCUT2D eigenvalue weighted by Gasteiger charge is -2.47. The van der Waals surface area contributed by atoms with E-state index in [0.717, 1.165) is 12.7 Å². The number of pyridine rings is 1. The van der Waals surface area contributed by atoms with Crippen LogP contribution >= 0.6 is 15.9 Å². The molecule has 0 fully saturated rings. The number of aromatic nitrogens is 1. The summed E-state index contributed by atoms with van der Waals surface area (Å²) in [6.45, 7) is 5.14. The molecule has 4 aromatic rings. The van der Waals surface area contributed by atoms with E-state index in [1.165, 1.54) is 0 Å². The van der Waals surface area contributed by atoms with Crippen LogP contribution in [-0.2, 0) is 10.1 Å². The Morgan fingerprint density at radius 1 is 0.923 bits per heavy atom. The molecule has 3 amide bonds. The van der Waals surface area contributed by atoms with E-state index in [0.29, 0.717) is 27.2 Å². The minimum Gasteiger partial charge on any atom is -0.461 e. The van der Waals surface area contributed by atoms with Crippen LogP contribution in [0.3, 0.4) is 0 Å². The van der Waals surface area contributed by atoms with E-state index in [1.807, 2.05) is 36.4 Å². The number of imide groups is 1. The third-order valence-corrected chi connectivity index (χ3v) is 7.17. The quantitative estimate of drug-likeness (QED) is 0.151. The van der Waals surface area contributed by atoms with Crippen molar-refractivity contribution in [2.75, 3.05) is 7.11 Å². The SMILES string of the molecule is COC(=O)N(C(=O)O)[N+](C(=O)c1c(CBr)c(-c2ccccc2)nc2ccccc12)(c1ccccc1)C(C)(C)C. The minimum atomic E-state index is -1.63. The lowest BCUT2D eigenvalue weighted by molar-refractivity contribution is -0.0330. The van der Waals surface area contributed by atoms with Crippen molar-refractivity contribution in [3.05, 3.63) is 96.1 Å². The number of carbonyl (C=O) groups is 3. The number of benzene rings is 3. The lowest BCUT2D eigenvalue weighted by Crippen LogP contribution is -2.76. The number of alkyl halides is 1. The van der Waals surface area contributed by atoms with Crippen molar-refractivity contribution in [3.8, 4) is 11.3 Å². The molecule has 9 heteroatoms. The maximum Gasteiger partial charge on any atom is 0.466 e. The number of carbonyl (C=O) groups excluding carboxylic acids is 2. The van der Waals surface area contributed by atoms with Gasteiger partial charge in [-0.05, 0) is 31.8 Å². The second kappa shape index (κ2) is 11.0. The van der Waals surface area contributed by atoms with Gasteiger partial charge in [0, 0.05) is 34.0 Å². The second-order valence-corrected chi connectivity index (χ2v) is 10.4. The van der Waals surface area contributed by atoms with Crippen molar-refractivity contribution < 1.29 is 24.2 Å². The van der Waals surface area contributed by atoms with E-state index < -0.39 is 28.2 Å². The number of rotatable bonds is 4. The molecule has 0 bridgehead atoms. The molecule has 0 radical (unpaired) electrons. The molecule has 1 N–H and O–H groups in total. The Bertz CT molecular complexity index is 1540. The molecular formula is C30H29BrN3O5+. The summed E-state index contributed by atoms with van der Waals surface area (Å²) in [6, 6.07) is 25.1. The number of amides is 3. The molecule has 200 valence electrons. The van der Waals surface area contributed by atoms with Crippen LogP contribution < -0.4 is 4.59 Å². The highest BCUT2D eigenvalue weighted by Crippen LogP contribution is 2.42. The number of quaternary nitrogens is 1. The first-order valence-electron chi connectivity index (χ1n) is 12.2. The van der Waals surface area contributed by atoms with E-state index in [-0.39, 0.29) is 16.6 Å². The Morgan fingerprint density at radius 2 is 1.49 bits per heavy atom. The largest absolute Gasteiger partial charge is 0.466 e. The smallest absolute Gasteiger partial charge is 0.461 e. The fourth-order valence-electron chi connectivity index (χ4n) is 5.00. The standard InChI is InChI=1S/C30H28BrN3O5/c1-30(2,3)34(21-15-9-6-10-16-21,33(28(36)37)29(38)39-4)27(35)25-22-17-11-12-18-24(22)32-26(23(25)19-31)20-13-7-5-8-14-20/h5-18H,19H2,1-4H3/p+1. The van der Waals surface area contributed by atoms with Crippen LogP contribution in [0.5, 0.6) is 0 Å². The summed E-state index contributed by atoms with van der Waals surface area (Å²) in [6.07, 6.45) is -2.81. The zero-order chi connectivity index (χ0) is 28.4. The number of ether oxygens (including phenoxy) is 1. The molecule has 4 rings (SSSR count). The normalized spacial score (nSPS) is 12.9. The second-order valence-electron chi connectivity index (χ2n) is 9.84. The van der Waals surface area contributed by atoms with Crippen molar-refractivity contribution in [1.82, 2.24) is 14.6 Å². The molecule has 0 aliphatic rings. The van der Waals surface area contributed by atoms with Crippen LogP contribution in [0.25, 0.3) is 22.2 Å². The molecule has 0 saturated carbocycles. The molecule has 3 aromatic carbocycles. The van der Waals surface area contributed by atoms with Crippen molar-refractivity contribution in [3.63, 3.8) is 0 Å². The van der Waals surface area contributed by atoms with Gasteiger partial charge >= 0.3 is 18.1 Å². The summed E-state index contributed by atoms with van der Waals surface area (Å²) in [4.78, 5) is 46.2. The number of fused-ring (bicyclic) bond motifs is 1. The highest BCUT2D eigenvalue weighted by molar-refractivity contribution is 9.08. The van der Waals surface area contributed by atoms with Gasteiger partial charge in [0.15, 0.2) is 5.69 Å². The number of methoxy groups -OCH3 is 1. The summed E-state index contributed by atoms with van der Waals surface area (Å²) in [5.41, 5.74) is 1.87. The first-order chi connectivity index (χ1) is 18.6. The molecule has 1 heterocycles. The Hall–Kier alpha value is -4.08. The lowest BCUT2D eigenvalue weighted by atomic mass is 9.93. The van der Waals surface area contributed by atoms with Crippen LogP contribution in [0, 0.1) is 0 Å². The van der Waals surface area contributed by atoms with E-state index in [2.05, 4.69) is 15.9 Å². The van der Waals surface area contributed by atoms with Gasteiger partial charge in [0.25, 0.3) is 0 Å². The average molecular weight is 591 g/mol. The number of hydrogen-bond donors (Lipinski definition) is 1. The number of hydrogen-bond acceptors (Lipinski definition) is 5. The van der Waals surface area contributed by atoms with Gasteiger partial charge in [0.1, 0.15) is 5.54 Å². The maximum absolute atomic E-state index is 15.3. The Kier molecular flexibility index (Phi) is 7.85. The molecule has 1 aromatic heterocycles. The Labute approximate surface area is 235 Å². The zero-order valence-electron chi connectivity index (χ0n) is 22.1. The first kappa shape index (κ1) is 27.9. The van der Waals surface area contributed by atoms with E-state index >= 15 is 4.79 Å². The summed E-state index contributed by atoms with van der Waals surface area (Å²) >= 11 is 3.57. The van der Waals surface area contributed by atoms with E-state index in [1.54, 1.807) is 69.3 Å². The van der Waals surface area contributed by atoms with Crippen LogP contribution in [0.1, 0.15) is 36.7 Å². The third-order valence-electron chi connectivity index (χ3n) is 6.61. The van der Waals surface area contributed by atoms with Crippen molar-refractivity contribution in [1.29, 1.82) is 0 Å². The number of para-hydroxylation sites is 2. The molecular weight excluding hydrogens is 562 g/mol. The maximum atomic E-state index is 15.3. The molecule has 0 aliphatic heterocycles. The van der Waals surface area contributed by atoms with Crippen molar-refractivity contribution >= 4 is 50.6 Å². The topological polar surface area (TPSA) is 96.8 Å². The van der Waals surface area contributed by atoms with Crippen LogP contribution in [0.2, 0.25) is 0 Å². The van der Waals surface area contributed by atoms with Crippen LogP contribution in [0.4, 0.5) is 15.3 Å².